The van der Waals surface area contributed by atoms with Gasteiger partial charge in [-0.1, -0.05) is 0 Å². The molecule has 104 valence electrons. The van der Waals surface area contributed by atoms with Crippen LogP contribution in [-0.4, -0.2) is 37.2 Å². The van der Waals surface area contributed by atoms with Gasteiger partial charge in [-0.05, 0) is 26.0 Å². The van der Waals surface area contributed by atoms with Crippen LogP contribution in [-0.2, 0) is 4.79 Å². The molecule has 0 amide bonds. The summed E-state index contributed by atoms with van der Waals surface area (Å²) in [4.78, 5) is 22.5. The molecule has 0 saturated carbocycles. The van der Waals surface area contributed by atoms with Crippen molar-refractivity contribution in [2.75, 3.05) is 14.2 Å². The molecule has 0 aliphatic rings. The molecule has 0 aliphatic carbocycles. The van der Waals surface area contributed by atoms with Gasteiger partial charge in [0, 0.05) is 0 Å². The Hall–Kier alpha value is -2.24. The van der Waals surface area contributed by atoms with Crippen LogP contribution in [0.25, 0.3) is 0 Å². The standard InChI is InChI=1S/C13H16O6/c1-7(2)19-11-8(10(14)13(15)16)5-6-9(17-3)12(11)18-4/h5-7H,1-4H3,(H,15,16). The van der Waals surface area contributed by atoms with Gasteiger partial charge in [0.1, 0.15) is 0 Å². The fraction of sp³-hybridized carbons (Fsp3) is 0.385. The molecule has 0 spiro atoms. The molecular formula is C13H16O6. The van der Waals surface area contributed by atoms with Crippen LogP contribution in [0.4, 0.5) is 0 Å². The molecule has 0 aliphatic heterocycles. The Labute approximate surface area is 110 Å². The predicted molar refractivity (Wildman–Crippen MR) is 67.3 cm³/mol. The number of ether oxygens (including phenoxy) is 3. The number of rotatable bonds is 6. The Morgan fingerprint density at radius 3 is 2.16 bits per heavy atom. The number of carbonyl (C=O) groups is 2. The van der Waals surface area contributed by atoms with Gasteiger partial charge in [-0.3, -0.25) is 4.79 Å². The normalized spacial score (nSPS) is 10.2. The van der Waals surface area contributed by atoms with Crippen molar-refractivity contribution in [1.29, 1.82) is 0 Å². The van der Waals surface area contributed by atoms with E-state index in [1.807, 2.05) is 0 Å². The van der Waals surface area contributed by atoms with Crippen molar-refractivity contribution in [1.82, 2.24) is 0 Å². The second-order valence-electron chi connectivity index (χ2n) is 3.98. The van der Waals surface area contributed by atoms with Gasteiger partial charge in [-0.25, -0.2) is 4.79 Å². The van der Waals surface area contributed by atoms with E-state index in [1.165, 1.54) is 26.4 Å². The zero-order valence-electron chi connectivity index (χ0n) is 11.2. The van der Waals surface area contributed by atoms with Crippen molar-refractivity contribution in [3.63, 3.8) is 0 Å². The van der Waals surface area contributed by atoms with E-state index < -0.39 is 11.8 Å². The summed E-state index contributed by atoms with van der Waals surface area (Å²) in [6.45, 7) is 3.52. The Morgan fingerprint density at radius 2 is 1.74 bits per heavy atom. The van der Waals surface area contributed by atoms with Crippen LogP contribution >= 0.6 is 0 Å². The van der Waals surface area contributed by atoms with Crippen LogP contribution in [0.1, 0.15) is 24.2 Å². The molecule has 1 N–H and O–H groups in total. The van der Waals surface area contributed by atoms with Crippen molar-refractivity contribution in [3.8, 4) is 17.2 Å². The zero-order chi connectivity index (χ0) is 14.6. The van der Waals surface area contributed by atoms with E-state index >= 15 is 0 Å². The lowest BCUT2D eigenvalue weighted by Crippen LogP contribution is -2.17. The summed E-state index contributed by atoms with van der Waals surface area (Å²) >= 11 is 0. The van der Waals surface area contributed by atoms with Gasteiger partial charge < -0.3 is 19.3 Å². The van der Waals surface area contributed by atoms with Crippen LogP contribution in [0.2, 0.25) is 0 Å². The number of aliphatic carboxylic acids is 1. The highest BCUT2D eigenvalue weighted by Crippen LogP contribution is 2.40. The van der Waals surface area contributed by atoms with E-state index in [9.17, 15) is 9.59 Å². The van der Waals surface area contributed by atoms with E-state index in [-0.39, 0.29) is 23.2 Å². The summed E-state index contributed by atoms with van der Waals surface area (Å²) in [5.74, 6) is -1.98. The average molecular weight is 268 g/mol. The van der Waals surface area contributed by atoms with Gasteiger partial charge in [0.15, 0.2) is 11.5 Å². The lowest BCUT2D eigenvalue weighted by atomic mass is 10.1. The molecule has 19 heavy (non-hydrogen) atoms. The zero-order valence-corrected chi connectivity index (χ0v) is 11.2. The summed E-state index contributed by atoms with van der Waals surface area (Å²) in [6, 6.07) is 2.80. The molecule has 0 saturated heterocycles. The summed E-state index contributed by atoms with van der Waals surface area (Å²) < 4.78 is 15.7. The van der Waals surface area contributed by atoms with Gasteiger partial charge >= 0.3 is 5.97 Å². The molecule has 1 aromatic rings. The van der Waals surface area contributed by atoms with Crippen LogP contribution in [0.15, 0.2) is 12.1 Å². The Balaban J connectivity index is 3.46. The predicted octanol–water partition coefficient (Wildman–Crippen LogP) is 1.76. The minimum absolute atomic E-state index is 0.0705. The van der Waals surface area contributed by atoms with Crippen LogP contribution in [0.3, 0.4) is 0 Å². The number of methoxy groups -OCH3 is 2. The molecule has 0 fully saturated rings. The number of ketones is 1. The first-order valence-corrected chi connectivity index (χ1v) is 5.61. The molecule has 6 heteroatoms. The van der Waals surface area contributed by atoms with Crippen molar-refractivity contribution < 1.29 is 28.9 Å². The summed E-state index contributed by atoms with van der Waals surface area (Å²) in [5, 5.41) is 8.81. The third-order valence-corrected chi connectivity index (χ3v) is 2.29. The Bertz CT molecular complexity index is 492. The number of carbonyl (C=O) groups excluding carboxylic acids is 1. The van der Waals surface area contributed by atoms with Gasteiger partial charge in [0.25, 0.3) is 5.78 Å². The minimum Gasteiger partial charge on any atom is -0.493 e. The maximum atomic E-state index is 11.6. The number of carboxylic acid groups (broad SMARTS) is 1. The number of benzene rings is 1. The van der Waals surface area contributed by atoms with Crippen LogP contribution < -0.4 is 14.2 Å². The van der Waals surface area contributed by atoms with E-state index in [2.05, 4.69) is 0 Å². The topological polar surface area (TPSA) is 82.1 Å². The van der Waals surface area contributed by atoms with Gasteiger partial charge in [0.05, 0.1) is 25.9 Å². The van der Waals surface area contributed by atoms with E-state index in [0.717, 1.165) is 0 Å². The highest BCUT2D eigenvalue weighted by molar-refractivity contribution is 6.40. The molecular weight excluding hydrogens is 252 g/mol. The second-order valence-corrected chi connectivity index (χ2v) is 3.98. The van der Waals surface area contributed by atoms with Crippen molar-refractivity contribution >= 4 is 11.8 Å². The molecule has 0 unspecified atom stereocenters. The van der Waals surface area contributed by atoms with Gasteiger partial charge in [-0.2, -0.15) is 0 Å². The molecule has 0 atom stereocenters. The summed E-state index contributed by atoms with van der Waals surface area (Å²) in [7, 11) is 2.83. The van der Waals surface area contributed by atoms with Gasteiger partial charge in [-0.15, -0.1) is 0 Å². The van der Waals surface area contributed by atoms with Crippen molar-refractivity contribution in [3.05, 3.63) is 17.7 Å². The molecule has 1 rings (SSSR count). The number of Topliss-reactive ketones (excluding diaryl/α,β-unsaturated/α-hetero) is 1. The second kappa shape index (κ2) is 6.08. The number of hydrogen-bond donors (Lipinski definition) is 1. The molecule has 1 aromatic carbocycles. The summed E-state index contributed by atoms with van der Waals surface area (Å²) in [6.07, 6.45) is -0.249. The SMILES string of the molecule is COc1ccc(C(=O)C(=O)O)c(OC(C)C)c1OC. The first-order valence-electron chi connectivity index (χ1n) is 5.61. The van der Waals surface area contributed by atoms with E-state index in [0.29, 0.717) is 5.75 Å². The Kier molecular flexibility index (Phi) is 4.74. The molecule has 0 radical (unpaired) electrons. The maximum Gasteiger partial charge on any atom is 0.377 e. The minimum atomic E-state index is -1.55. The lowest BCUT2D eigenvalue weighted by molar-refractivity contribution is -0.131. The van der Waals surface area contributed by atoms with Gasteiger partial charge in [0.2, 0.25) is 5.75 Å². The molecule has 0 aromatic heterocycles. The largest absolute Gasteiger partial charge is 0.493 e. The summed E-state index contributed by atoms with van der Waals surface area (Å²) in [5.41, 5.74) is -0.0705. The van der Waals surface area contributed by atoms with Crippen LogP contribution in [0.5, 0.6) is 17.2 Å². The smallest absolute Gasteiger partial charge is 0.377 e. The fourth-order valence-corrected chi connectivity index (χ4v) is 1.55. The maximum absolute atomic E-state index is 11.6. The van der Waals surface area contributed by atoms with Crippen molar-refractivity contribution in [2.24, 2.45) is 0 Å². The van der Waals surface area contributed by atoms with E-state index in [1.54, 1.807) is 13.8 Å². The highest BCUT2D eigenvalue weighted by Gasteiger charge is 2.25. The molecule has 0 heterocycles. The van der Waals surface area contributed by atoms with E-state index in [4.69, 9.17) is 19.3 Å². The molecule has 6 nitrogen and oxygen atoms in total. The third-order valence-electron chi connectivity index (χ3n) is 2.29. The van der Waals surface area contributed by atoms with Crippen molar-refractivity contribution in [2.45, 2.75) is 20.0 Å². The van der Waals surface area contributed by atoms with Crippen LogP contribution in [0, 0.1) is 0 Å². The number of carboxylic acids is 1. The molecule has 0 bridgehead atoms. The lowest BCUT2D eigenvalue weighted by Gasteiger charge is -2.18. The third kappa shape index (κ3) is 3.15. The number of hydrogen-bond acceptors (Lipinski definition) is 5. The average Bonchev–Trinajstić information content (AvgIpc) is 2.36. The quantitative estimate of drug-likeness (QED) is 0.625. The first-order chi connectivity index (χ1) is 8.92. The Morgan fingerprint density at radius 1 is 1.11 bits per heavy atom. The highest BCUT2D eigenvalue weighted by atomic mass is 16.5. The monoisotopic (exact) mass is 268 g/mol. The fourth-order valence-electron chi connectivity index (χ4n) is 1.55. The first kappa shape index (κ1) is 14.8.